The minimum absolute atomic E-state index is 0.0118. The lowest BCUT2D eigenvalue weighted by Crippen LogP contribution is -2.33. The molecule has 0 unspecified atom stereocenters. The lowest BCUT2D eigenvalue weighted by atomic mass is 10.1. The average Bonchev–Trinajstić information content (AvgIpc) is 3.37. The molecular formula is C21H25N5O. The van der Waals surface area contributed by atoms with Crippen molar-refractivity contribution < 1.29 is 4.79 Å². The molecule has 1 aromatic carbocycles. The molecule has 1 saturated carbocycles. The molecular weight excluding hydrogens is 338 g/mol. The number of nitrogens with zero attached hydrogens (tertiary/aromatic N) is 4. The fraction of sp³-hybridized carbons (Fsp3) is 0.381. The van der Waals surface area contributed by atoms with Crippen LogP contribution < -0.4 is 5.32 Å². The number of amides is 1. The third-order valence-electron chi connectivity index (χ3n) is 5.33. The summed E-state index contributed by atoms with van der Waals surface area (Å²) in [4.78, 5) is 17.3. The summed E-state index contributed by atoms with van der Waals surface area (Å²) in [6.07, 6.45) is 6.33. The first kappa shape index (κ1) is 17.5. The van der Waals surface area contributed by atoms with E-state index in [1.54, 1.807) is 6.20 Å². The molecule has 140 valence electrons. The molecule has 2 aromatic heterocycles. The van der Waals surface area contributed by atoms with Crippen LogP contribution in [0.2, 0.25) is 0 Å². The monoisotopic (exact) mass is 363 g/mol. The average molecular weight is 363 g/mol. The van der Waals surface area contributed by atoms with Crippen LogP contribution in [0, 0.1) is 19.8 Å². The molecule has 1 aliphatic carbocycles. The van der Waals surface area contributed by atoms with Gasteiger partial charge in [-0.15, -0.1) is 0 Å². The van der Waals surface area contributed by atoms with E-state index in [9.17, 15) is 4.79 Å². The van der Waals surface area contributed by atoms with Gasteiger partial charge in [-0.1, -0.05) is 18.2 Å². The van der Waals surface area contributed by atoms with Crippen LogP contribution in [-0.4, -0.2) is 25.2 Å². The molecule has 1 amide bonds. The first-order chi connectivity index (χ1) is 13.0. The normalized spacial score (nSPS) is 14.9. The summed E-state index contributed by atoms with van der Waals surface area (Å²) in [5.74, 6) is 1.44. The highest BCUT2D eigenvalue weighted by Crippen LogP contribution is 2.40. The van der Waals surface area contributed by atoms with E-state index < -0.39 is 0 Å². The number of nitrogens with one attached hydrogen (secondary N) is 1. The topological polar surface area (TPSA) is 64.7 Å². The Labute approximate surface area is 159 Å². The Morgan fingerprint density at radius 3 is 2.63 bits per heavy atom. The van der Waals surface area contributed by atoms with E-state index in [1.165, 1.54) is 0 Å². The van der Waals surface area contributed by atoms with Crippen molar-refractivity contribution in [2.75, 3.05) is 0 Å². The minimum Gasteiger partial charge on any atom is -0.346 e. The molecule has 0 aliphatic heterocycles. The number of hydrogen-bond acceptors (Lipinski definition) is 3. The van der Waals surface area contributed by atoms with Gasteiger partial charge in [-0.05, 0) is 44.7 Å². The lowest BCUT2D eigenvalue weighted by molar-refractivity contribution is -0.121. The molecule has 1 atom stereocenters. The Morgan fingerprint density at radius 1 is 1.26 bits per heavy atom. The second kappa shape index (κ2) is 7.02. The fourth-order valence-corrected chi connectivity index (χ4v) is 3.64. The predicted molar refractivity (Wildman–Crippen MR) is 104 cm³/mol. The van der Waals surface area contributed by atoms with Gasteiger partial charge in [-0.25, -0.2) is 9.67 Å². The fourth-order valence-electron chi connectivity index (χ4n) is 3.64. The zero-order valence-corrected chi connectivity index (χ0v) is 16.0. The van der Waals surface area contributed by atoms with Crippen molar-refractivity contribution in [3.8, 4) is 5.69 Å². The number of aryl methyl sites for hydroxylation is 2. The third-order valence-corrected chi connectivity index (χ3v) is 5.33. The number of rotatable bonds is 6. The second-order valence-electron chi connectivity index (χ2n) is 7.35. The van der Waals surface area contributed by atoms with Crippen LogP contribution in [0.3, 0.4) is 0 Å². The number of imidazole rings is 1. The molecule has 0 radical (unpaired) electrons. The van der Waals surface area contributed by atoms with E-state index in [0.29, 0.717) is 12.3 Å². The summed E-state index contributed by atoms with van der Waals surface area (Å²) in [5.41, 5.74) is 3.90. The van der Waals surface area contributed by atoms with Crippen molar-refractivity contribution in [3.63, 3.8) is 0 Å². The molecule has 0 spiro atoms. The molecule has 1 fully saturated rings. The Hall–Kier alpha value is -2.89. The first-order valence-corrected chi connectivity index (χ1v) is 9.41. The minimum atomic E-state index is -0.0118. The van der Waals surface area contributed by atoms with E-state index in [-0.39, 0.29) is 11.9 Å². The maximum Gasteiger partial charge on any atom is 0.225 e. The zero-order chi connectivity index (χ0) is 19.0. The summed E-state index contributed by atoms with van der Waals surface area (Å²) < 4.78 is 3.91. The number of carbonyl (C=O) groups excluding carboxylic acids is 1. The van der Waals surface area contributed by atoms with Gasteiger partial charge < -0.3 is 9.88 Å². The quantitative estimate of drug-likeness (QED) is 0.732. The van der Waals surface area contributed by atoms with Crippen molar-refractivity contribution in [2.24, 2.45) is 13.0 Å². The van der Waals surface area contributed by atoms with Gasteiger partial charge in [0.2, 0.25) is 5.91 Å². The molecule has 0 saturated heterocycles. The van der Waals surface area contributed by atoms with Crippen LogP contribution in [-0.2, 0) is 18.3 Å². The molecule has 2 heterocycles. The van der Waals surface area contributed by atoms with Crippen molar-refractivity contribution in [1.29, 1.82) is 0 Å². The number of benzene rings is 1. The van der Waals surface area contributed by atoms with Gasteiger partial charge in [0, 0.05) is 30.7 Å². The summed E-state index contributed by atoms with van der Waals surface area (Å²) in [5, 5.41) is 7.86. The molecule has 1 N–H and O–H groups in total. The smallest absolute Gasteiger partial charge is 0.225 e. The number of carbonyl (C=O) groups is 1. The molecule has 3 aromatic rings. The van der Waals surface area contributed by atoms with Crippen LogP contribution in [0.1, 0.15) is 41.7 Å². The largest absolute Gasteiger partial charge is 0.346 e. The van der Waals surface area contributed by atoms with Gasteiger partial charge in [-0.3, -0.25) is 4.79 Å². The maximum absolute atomic E-state index is 12.8. The van der Waals surface area contributed by atoms with Gasteiger partial charge in [0.15, 0.2) is 0 Å². The highest BCUT2D eigenvalue weighted by molar-refractivity contribution is 5.79. The van der Waals surface area contributed by atoms with Crippen LogP contribution >= 0.6 is 0 Å². The van der Waals surface area contributed by atoms with E-state index >= 15 is 0 Å². The third kappa shape index (κ3) is 3.52. The predicted octanol–water partition coefficient (Wildman–Crippen LogP) is 3.03. The van der Waals surface area contributed by atoms with Gasteiger partial charge in [-0.2, -0.15) is 5.10 Å². The summed E-state index contributed by atoms with van der Waals surface area (Å²) in [6, 6.07) is 10.00. The standard InChI is InChI=1S/C21H25N5O/c1-14-18(15(2)26(24-14)17-7-5-4-6-8-17)13-19(27)23-20(16-9-10-16)21-22-11-12-25(21)3/h4-8,11-12,16,20H,9-10,13H2,1-3H3,(H,23,27)/t20-/m0/s1. The van der Waals surface area contributed by atoms with Gasteiger partial charge in [0.1, 0.15) is 5.82 Å². The van der Waals surface area contributed by atoms with E-state index in [1.807, 2.05) is 66.7 Å². The molecule has 6 heteroatoms. The maximum atomic E-state index is 12.8. The Kier molecular flexibility index (Phi) is 4.56. The van der Waals surface area contributed by atoms with Crippen LogP contribution in [0.15, 0.2) is 42.7 Å². The molecule has 27 heavy (non-hydrogen) atoms. The van der Waals surface area contributed by atoms with Crippen LogP contribution in [0.4, 0.5) is 0 Å². The van der Waals surface area contributed by atoms with Gasteiger partial charge in [0.25, 0.3) is 0 Å². The number of para-hydroxylation sites is 1. The summed E-state index contributed by atoms with van der Waals surface area (Å²) in [6.45, 7) is 3.99. The SMILES string of the molecule is Cc1nn(-c2ccccc2)c(C)c1CC(=O)N[C@H](c1nccn1C)C1CC1. The second-order valence-corrected chi connectivity index (χ2v) is 7.35. The Bertz CT molecular complexity index is 952. The highest BCUT2D eigenvalue weighted by atomic mass is 16.1. The van der Waals surface area contributed by atoms with Crippen LogP contribution in [0.5, 0.6) is 0 Å². The summed E-state index contributed by atoms with van der Waals surface area (Å²) in [7, 11) is 1.97. The van der Waals surface area contributed by atoms with E-state index in [2.05, 4.69) is 15.4 Å². The molecule has 1 aliphatic rings. The molecule has 0 bridgehead atoms. The lowest BCUT2D eigenvalue weighted by Gasteiger charge is -2.18. The molecule has 6 nitrogen and oxygen atoms in total. The molecule has 4 rings (SSSR count). The van der Waals surface area contributed by atoms with Gasteiger partial charge >= 0.3 is 0 Å². The number of hydrogen-bond donors (Lipinski definition) is 1. The highest BCUT2D eigenvalue weighted by Gasteiger charge is 2.35. The van der Waals surface area contributed by atoms with Gasteiger partial charge in [0.05, 0.1) is 23.8 Å². The zero-order valence-electron chi connectivity index (χ0n) is 16.0. The van der Waals surface area contributed by atoms with Crippen molar-refractivity contribution in [2.45, 2.75) is 39.2 Å². The van der Waals surface area contributed by atoms with Crippen molar-refractivity contribution in [3.05, 3.63) is 65.5 Å². The first-order valence-electron chi connectivity index (χ1n) is 9.41. The van der Waals surface area contributed by atoms with Crippen molar-refractivity contribution in [1.82, 2.24) is 24.6 Å². The number of aromatic nitrogens is 4. The van der Waals surface area contributed by atoms with E-state index in [0.717, 1.165) is 41.3 Å². The Morgan fingerprint density at radius 2 is 2.00 bits per heavy atom. The summed E-state index contributed by atoms with van der Waals surface area (Å²) >= 11 is 0. The van der Waals surface area contributed by atoms with E-state index in [4.69, 9.17) is 0 Å². The van der Waals surface area contributed by atoms with Crippen molar-refractivity contribution >= 4 is 5.91 Å². The van der Waals surface area contributed by atoms with Crippen LogP contribution in [0.25, 0.3) is 5.69 Å². The Balaban J connectivity index is 1.53.